The fourth-order valence-electron chi connectivity index (χ4n) is 1.46. The maximum absolute atomic E-state index is 10.5. The number of aliphatic hydroxyl groups excluding tert-OH is 2. The zero-order valence-electron chi connectivity index (χ0n) is 14.8. The van der Waals surface area contributed by atoms with Crippen molar-refractivity contribution in [2.45, 2.75) is 0 Å². The van der Waals surface area contributed by atoms with Crippen LogP contribution in [0.4, 0.5) is 0 Å². The van der Waals surface area contributed by atoms with Crippen molar-refractivity contribution in [3.05, 3.63) is 0 Å². The van der Waals surface area contributed by atoms with Gasteiger partial charge in [-0.05, 0) is 0 Å². The third-order valence-corrected chi connectivity index (χ3v) is 2.26. The standard InChI is InChI=1S/C10H16N2O8.C2H6O2.2Na/c13-7(14)3-11(4-8(15)16)1-2-12(5-9(17)18)6-10(19)20;3-1-2-4;;/h1-6H2,(H,13,14)(H,15,16)(H,17,18)(H,19,20);3-4H,1-2H2;;/q;;2*+1/p-2. The molecule has 0 aliphatic carbocycles. The van der Waals surface area contributed by atoms with Gasteiger partial charge in [-0.2, -0.15) is 0 Å². The first-order chi connectivity index (χ1) is 11.1. The number of carboxylic acid groups (broad SMARTS) is 4. The van der Waals surface area contributed by atoms with Crippen LogP contribution in [0.1, 0.15) is 0 Å². The van der Waals surface area contributed by atoms with Gasteiger partial charge >= 0.3 is 71.1 Å². The molecule has 0 aromatic heterocycles. The van der Waals surface area contributed by atoms with Crippen LogP contribution >= 0.6 is 0 Å². The summed E-state index contributed by atoms with van der Waals surface area (Å²) in [5.74, 6) is -5.52. The molecule has 0 atom stereocenters. The van der Waals surface area contributed by atoms with Crippen LogP contribution < -0.4 is 69.3 Å². The molecule has 26 heavy (non-hydrogen) atoms. The van der Waals surface area contributed by atoms with Gasteiger partial charge < -0.3 is 40.2 Å². The van der Waals surface area contributed by atoms with Crippen LogP contribution in [0, 0.1) is 0 Å². The van der Waals surface area contributed by atoms with E-state index in [2.05, 4.69) is 0 Å². The van der Waals surface area contributed by atoms with Crippen molar-refractivity contribution in [3.63, 3.8) is 0 Å². The fourth-order valence-corrected chi connectivity index (χ4v) is 1.46. The number of carbonyl (C=O) groups excluding carboxylic acids is 2. The SMILES string of the molecule is O=C([O-])CN(CCN(CC(=O)O)CC(=O)O)CC(=O)[O-].OCCO.[Na+].[Na+]. The van der Waals surface area contributed by atoms with Crippen LogP contribution in [0.25, 0.3) is 0 Å². The molecule has 0 radical (unpaired) electrons. The first-order valence-corrected chi connectivity index (χ1v) is 6.62. The number of hydrogen-bond acceptors (Lipinski definition) is 10. The first-order valence-electron chi connectivity index (χ1n) is 6.62. The smallest absolute Gasteiger partial charge is 0.549 e. The molecule has 0 saturated heterocycles. The molecule has 0 bridgehead atoms. The van der Waals surface area contributed by atoms with E-state index >= 15 is 0 Å². The van der Waals surface area contributed by atoms with Crippen molar-refractivity contribution in [1.29, 1.82) is 0 Å². The van der Waals surface area contributed by atoms with E-state index in [9.17, 15) is 29.4 Å². The van der Waals surface area contributed by atoms with Gasteiger partial charge in [-0.1, -0.05) is 0 Å². The van der Waals surface area contributed by atoms with E-state index in [-0.39, 0.29) is 85.4 Å². The summed E-state index contributed by atoms with van der Waals surface area (Å²) in [7, 11) is 0. The minimum Gasteiger partial charge on any atom is -0.549 e. The molecule has 0 fully saturated rings. The Morgan fingerprint density at radius 2 is 0.923 bits per heavy atom. The van der Waals surface area contributed by atoms with E-state index in [1.54, 1.807) is 0 Å². The second kappa shape index (κ2) is 21.0. The van der Waals surface area contributed by atoms with Gasteiger partial charge in [0.2, 0.25) is 0 Å². The average molecular weight is 398 g/mol. The number of carboxylic acids is 4. The molecule has 12 nitrogen and oxygen atoms in total. The van der Waals surface area contributed by atoms with Crippen molar-refractivity contribution < 1.29 is 109 Å². The third-order valence-electron chi connectivity index (χ3n) is 2.26. The second-order valence-electron chi connectivity index (χ2n) is 4.40. The van der Waals surface area contributed by atoms with Crippen molar-refractivity contribution in [2.75, 3.05) is 52.5 Å². The molecule has 0 amide bonds. The van der Waals surface area contributed by atoms with Gasteiger partial charge in [-0.15, -0.1) is 0 Å². The molecule has 4 N–H and O–H groups in total. The van der Waals surface area contributed by atoms with Crippen molar-refractivity contribution in [2.24, 2.45) is 0 Å². The summed E-state index contributed by atoms with van der Waals surface area (Å²) in [6.45, 7) is -3.00. The Bertz CT molecular complexity index is 355. The Balaban J connectivity index is -0.000000363. The summed E-state index contributed by atoms with van der Waals surface area (Å²) in [5, 5.41) is 53.3. The Morgan fingerprint density at radius 3 is 1.12 bits per heavy atom. The summed E-state index contributed by atoms with van der Waals surface area (Å²) in [6.07, 6.45) is 0. The molecular weight excluding hydrogens is 378 g/mol. The topological polar surface area (TPSA) is 202 Å². The summed E-state index contributed by atoms with van der Waals surface area (Å²) < 4.78 is 0. The van der Waals surface area contributed by atoms with Gasteiger partial charge in [0, 0.05) is 26.2 Å². The number of rotatable bonds is 12. The largest absolute Gasteiger partial charge is 1.00 e. The molecule has 0 aliphatic rings. The average Bonchev–Trinajstić information content (AvgIpc) is 2.42. The van der Waals surface area contributed by atoms with Crippen LogP contribution in [-0.4, -0.2) is 107 Å². The Hall–Kier alpha value is -0.280. The number of nitrogens with zero attached hydrogens (tertiary/aromatic N) is 2. The summed E-state index contributed by atoms with van der Waals surface area (Å²) in [6, 6.07) is 0. The number of carbonyl (C=O) groups is 4. The molecule has 0 spiro atoms. The number of hydrogen-bond donors (Lipinski definition) is 4. The Labute approximate surface area is 194 Å². The van der Waals surface area contributed by atoms with Crippen LogP contribution in [0.3, 0.4) is 0 Å². The van der Waals surface area contributed by atoms with Crippen molar-refractivity contribution >= 4 is 23.9 Å². The molecule has 14 heteroatoms. The van der Waals surface area contributed by atoms with Gasteiger partial charge in [-0.25, -0.2) is 0 Å². The van der Waals surface area contributed by atoms with E-state index in [1.165, 1.54) is 0 Å². The second-order valence-corrected chi connectivity index (χ2v) is 4.40. The molecular formula is C12H20N2Na2O10. The zero-order valence-corrected chi connectivity index (χ0v) is 18.8. The van der Waals surface area contributed by atoms with E-state index in [0.717, 1.165) is 9.80 Å². The van der Waals surface area contributed by atoms with Crippen molar-refractivity contribution in [1.82, 2.24) is 9.80 Å². The van der Waals surface area contributed by atoms with Crippen LogP contribution in [-0.2, 0) is 19.2 Å². The summed E-state index contributed by atoms with van der Waals surface area (Å²) in [4.78, 5) is 43.9. The maximum atomic E-state index is 10.5. The zero-order chi connectivity index (χ0) is 19.1. The van der Waals surface area contributed by atoms with E-state index < -0.39 is 50.1 Å². The molecule has 0 rings (SSSR count). The minimum atomic E-state index is -1.51. The van der Waals surface area contributed by atoms with Gasteiger partial charge in [0.1, 0.15) is 0 Å². The van der Waals surface area contributed by atoms with Gasteiger partial charge in [0.05, 0.1) is 38.2 Å². The molecule has 0 heterocycles. The van der Waals surface area contributed by atoms with Crippen LogP contribution in [0.15, 0.2) is 0 Å². The van der Waals surface area contributed by atoms with Crippen molar-refractivity contribution in [3.8, 4) is 0 Å². The molecule has 0 saturated carbocycles. The maximum Gasteiger partial charge on any atom is 1.00 e. The first kappa shape index (κ1) is 33.3. The quantitative estimate of drug-likeness (QED) is 0.226. The molecule has 0 aliphatic heterocycles. The predicted molar refractivity (Wildman–Crippen MR) is 72.3 cm³/mol. The van der Waals surface area contributed by atoms with Crippen LogP contribution in [0.2, 0.25) is 0 Å². The number of aliphatic hydroxyl groups is 2. The normalized spacial score (nSPS) is 9.38. The van der Waals surface area contributed by atoms with Crippen LogP contribution in [0.5, 0.6) is 0 Å². The third kappa shape index (κ3) is 26.0. The molecule has 0 unspecified atom stereocenters. The Morgan fingerprint density at radius 1 is 0.654 bits per heavy atom. The minimum absolute atomic E-state index is 0. The predicted octanol–water partition coefficient (Wildman–Crippen LogP) is -11.8. The molecule has 0 aromatic carbocycles. The summed E-state index contributed by atoms with van der Waals surface area (Å²) >= 11 is 0. The monoisotopic (exact) mass is 398 g/mol. The van der Waals surface area contributed by atoms with Gasteiger partial charge in [0.25, 0.3) is 0 Å². The van der Waals surface area contributed by atoms with Gasteiger partial charge in [-0.3, -0.25) is 19.4 Å². The molecule has 0 aromatic rings. The number of aliphatic carboxylic acids is 4. The molecule has 140 valence electrons. The van der Waals surface area contributed by atoms with E-state index in [0.29, 0.717) is 0 Å². The van der Waals surface area contributed by atoms with E-state index in [1.807, 2.05) is 0 Å². The van der Waals surface area contributed by atoms with Gasteiger partial charge in [0.15, 0.2) is 0 Å². The summed E-state index contributed by atoms with van der Waals surface area (Å²) in [5.41, 5.74) is 0. The fraction of sp³-hybridized carbons (Fsp3) is 0.667. The van der Waals surface area contributed by atoms with E-state index in [4.69, 9.17) is 20.4 Å². The Kier molecular flexibility index (Phi) is 26.9.